The van der Waals surface area contributed by atoms with Crippen molar-refractivity contribution in [3.05, 3.63) is 99.5 Å². The molecule has 1 unspecified atom stereocenters. The molecule has 1 heterocycles. The summed E-state index contributed by atoms with van der Waals surface area (Å²) in [5.74, 6) is 0. The summed E-state index contributed by atoms with van der Waals surface area (Å²) in [7, 11) is 0. The monoisotopic (exact) mass is 459 g/mol. The smallest absolute Gasteiger partial charge is 0.0673 e. The molecule has 0 radical (unpaired) electrons. The molecule has 1 aliphatic heterocycles. The van der Waals surface area contributed by atoms with Crippen LogP contribution < -0.4 is 4.31 Å². The second kappa shape index (κ2) is 9.08. The lowest BCUT2D eigenvalue weighted by molar-refractivity contribution is 0.116. The third-order valence-corrected chi connectivity index (χ3v) is 6.79. The van der Waals surface area contributed by atoms with E-state index in [1.165, 1.54) is 4.31 Å². The predicted molar refractivity (Wildman–Crippen MR) is 123 cm³/mol. The average molecular weight is 460 g/mol. The van der Waals surface area contributed by atoms with Gasteiger partial charge in [0.2, 0.25) is 0 Å². The third-order valence-electron chi connectivity index (χ3n) is 5.47. The van der Waals surface area contributed by atoms with Gasteiger partial charge in [-0.15, -0.1) is 0 Å². The van der Waals surface area contributed by atoms with Crippen molar-refractivity contribution in [2.75, 3.05) is 17.4 Å². The van der Waals surface area contributed by atoms with E-state index in [0.717, 1.165) is 22.4 Å². The number of halogens is 2. The van der Waals surface area contributed by atoms with Crippen molar-refractivity contribution in [2.24, 2.45) is 0 Å². The van der Waals surface area contributed by atoms with Gasteiger partial charge in [-0.3, -0.25) is 13.4 Å². The van der Waals surface area contributed by atoms with Crippen molar-refractivity contribution in [3.63, 3.8) is 0 Å². The van der Waals surface area contributed by atoms with E-state index in [2.05, 4.69) is 4.90 Å². The maximum absolute atomic E-state index is 12.1. The summed E-state index contributed by atoms with van der Waals surface area (Å²) in [5.41, 5.74) is 3.87. The number of nitrogens with zero attached hydrogens (tertiary/aromatic N) is 2. The highest BCUT2D eigenvalue weighted by Gasteiger charge is 2.38. The van der Waals surface area contributed by atoms with Crippen LogP contribution in [0.25, 0.3) is 0 Å². The summed E-state index contributed by atoms with van der Waals surface area (Å²) in [6.45, 7) is 3.17. The number of hydrogen-bond acceptors (Lipinski definition) is 3. The molecule has 0 amide bonds. The third kappa shape index (κ3) is 4.41. The Balaban J connectivity index is 1.61. The van der Waals surface area contributed by atoms with Crippen LogP contribution in [0.1, 0.15) is 22.7 Å². The Labute approximate surface area is 189 Å². The van der Waals surface area contributed by atoms with E-state index >= 15 is 0 Å². The Hall–Kier alpha value is -1.89. The van der Waals surface area contributed by atoms with Crippen molar-refractivity contribution >= 4 is 40.2 Å². The van der Waals surface area contributed by atoms with Gasteiger partial charge in [0.1, 0.15) is 0 Å². The number of aryl methyl sites for hydroxylation is 1. The Kier molecular flexibility index (Phi) is 6.46. The van der Waals surface area contributed by atoms with Gasteiger partial charge in [0.05, 0.1) is 17.8 Å². The number of para-hydroxylation sites is 1. The summed E-state index contributed by atoms with van der Waals surface area (Å²) in [5, 5.41) is 1.37. The Morgan fingerprint density at radius 1 is 0.933 bits per heavy atom. The summed E-state index contributed by atoms with van der Waals surface area (Å²) in [6.07, 6.45) is 0. The first-order valence-corrected chi connectivity index (χ1v) is 11.4. The SMILES string of the molecule is Cc1ccccc1N(C1CN(C(c2ccc(Cl)cc2)c2ccc(Cl)cc2)C1)S(=O)[O-]. The van der Waals surface area contributed by atoms with Crippen LogP contribution >= 0.6 is 23.2 Å². The first-order valence-electron chi connectivity index (χ1n) is 9.63. The fourth-order valence-corrected chi connectivity index (χ4v) is 4.95. The first kappa shape index (κ1) is 21.3. The minimum Gasteiger partial charge on any atom is -0.755 e. The van der Waals surface area contributed by atoms with Gasteiger partial charge in [0.15, 0.2) is 0 Å². The van der Waals surface area contributed by atoms with E-state index in [-0.39, 0.29) is 12.1 Å². The lowest BCUT2D eigenvalue weighted by Gasteiger charge is -2.50. The molecule has 3 aromatic carbocycles. The molecule has 7 heteroatoms. The number of hydrogen-bond donors (Lipinski definition) is 0. The van der Waals surface area contributed by atoms with Crippen molar-refractivity contribution in [3.8, 4) is 0 Å². The second-order valence-corrected chi connectivity index (χ2v) is 9.14. The quantitative estimate of drug-likeness (QED) is 0.465. The van der Waals surface area contributed by atoms with E-state index < -0.39 is 11.3 Å². The molecule has 4 nitrogen and oxygen atoms in total. The van der Waals surface area contributed by atoms with Gasteiger partial charge in [-0.2, -0.15) is 0 Å². The fraction of sp³-hybridized carbons (Fsp3) is 0.217. The lowest BCUT2D eigenvalue weighted by atomic mass is 9.93. The molecule has 0 aliphatic carbocycles. The highest BCUT2D eigenvalue weighted by atomic mass is 35.5. The number of likely N-dealkylation sites (tertiary alicyclic amines) is 1. The molecule has 4 rings (SSSR count). The van der Waals surface area contributed by atoms with Crippen molar-refractivity contribution in [2.45, 2.75) is 19.0 Å². The maximum atomic E-state index is 12.1. The first-order chi connectivity index (χ1) is 14.4. The second-order valence-electron chi connectivity index (χ2n) is 7.44. The molecule has 0 bridgehead atoms. The van der Waals surface area contributed by atoms with Gasteiger partial charge in [0, 0.05) is 34.4 Å². The molecule has 1 atom stereocenters. The van der Waals surface area contributed by atoms with Crippen LogP contribution in [0.15, 0.2) is 72.8 Å². The molecular formula is C23H21Cl2N2O2S-. The summed E-state index contributed by atoms with van der Waals surface area (Å²) in [4.78, 5) is 2.27. The molecule has 0 aromatic heterocycles. The topological polar surface area (TPSA) is 46.6 Å². The largest absolute Gasteiger partial charge is 0.755 e. The van der Waals surface area contributed by atoms with Crippen molar-refractivity contribution in [1.29, 1.82) is 0 Å². The summed E-state index contributed by atoms with van der Waals surface area (Å²) >= 11 is 9.83. The Bertz CT molecular complexity index is 992. The minimum atomic E-state index is -2.34. The zero-order chi connectivity index (χ0) is 21.3. The molecule has 1 fully saturated rings. The van der Waals surface area contributed by atoms with Gasteiger partial charge in [-0.1, -0.05) is 65.7 Å². The number of benzene rings is 3. The lowest BCUT2D eigenvalue weighted by Crippen LogP contribution is -2.61. The van der Waals surface area contributed by atoms with Crippen LogP contribution in [0.5, 0.6) is 0 Å². The van der Waals surface area contributed by atoms with E-state index in [0.29, 0.717) is 23.1 Å². The Morgan fingerprint density at radius 2 is 1.43 bits per heavy atom. The minimum absolute atomic E-state index is 0.00501. The molecule has 0 saturated carbocycles. The maximum Gasteiger partial charge on any atom is 0.0673 e. The normalized spacial score (nSPS) is 15.8. The van der Waals surface area contributed by atoms with Crippen molar-refractivity contribution in [1.82, 2.24) is 4.90 Å². The molecule has 0 N–H and O–H groups in total. The van der Waals surface area contributed by atoms with Gasteiger partial charge in [-0.05, 0) is 53.9 Å². The highest BCUT2D eigenvalue weighted by molar-refractivity contribution is 7.80. The average Bonchev–Trinajstić information content (AvgIpc) is 2.69. The van der Waals surface area contributed by atoms with E-state index in [9.17, 15) is 8.76 Å². The van der Waals surface area contributed by atoms with E-state index in [4.69, 9.17) is 23.2 Å². The molecule has 30 heavy (non-hydrogen) atoms. The Morgan fingerprint density at radius 3 is 1.90 bits per heavy atom. The van der Waals surface area contributed by atoms with Crippen LogP contribution in [0.3, 0.4) is 0 Å². The zero-order valence-electron chi connectivity index (χ0n) is 16.4. The molecule has 1 saturated heterocycles. The van der Waals surface area contributed by atoms with Gasteiger partial charge < -0.3 is 4.55 Å². The van der Waals surface area contributed by atoms with Gasteiger partial charge >= 0.3 is 0 Å². The predicted octanol–water partition coefficient (Wildman–Crippen LogP) is 5.38. The van der Waals surface area contributed by atoms with E-state index in [1.807, 2.05) is 79.7 Å². The van der Waals surface area contributed by atoms with Crippen LogP contribution in [0.4, 0.5) is 5.69 Å². The molecule has 0 spiro atoms. The zero-order valence-corrected chi connectivity index (χ0v) is 18.7. The number of anilines is 1. The summed E-state index contributed by atoms with van der Waals surface area (Å²) in [6, 6.07) is 23.0. The van der Waals surface area contributed by atoms with E-state index in [1.54, 1.807) is 0 Å². The molecular weight excluding hydrogens is 439 g/mol. The van der Waals surface area contributed by atoms with Crippen LogP contribution in [-0.2, 0) is 11.3 Å². The standard InChI is InChI=1S/C23H22Cl2N2O2S/c1-16-4-2-3-5-22(16)27(30(28)29)21-14-26(15-21)23(17-6-10-19(24)11-7-17)18-8-12-20(25)13-9-18/h2-13,21,23H,14-15H2,1H3,(H,28,29)/p-1. The fourth-order valence-electron chi connectivity index (χ4n) is 3.96. The molecule has 156 valence electrons. The van der Waals surface area contributed by atoms with Crippen LogP contribution in [0.2, 0.25) is 10.0 Å². The van der Waals surface area contributed by atoms with Gasteiger partial charge in [0.25, 0.3) is 0 Å². The van der Waals surface area contributed by atoms with Crippen molar-refractivity contribution < 1.29 is 8.76 Å². The summed E-state index contributed by atoms with van der Waals surface area (Å²) < 4.78 is 25.6. The van der Waals surface area contributed by atoms with Crippen LogP contribution in [0, 0.1) is 6.92 Å². The molecule has 1 aliphatic rings. The molecule has 3 aromatic rings. The van der Waals surface area contributed by atoms with Gasteiger partial charge in [-0.25, -0.2) is 0 Å². The number of rotatable bonds is 6. The van der Waals surface area contributed by atoms with Crippen LogP contribution in [-0.4, -0.2) is 32.8 Å². The highest BCUT2D eigenvalue weighted by Crippen LogP contribution is 2.36.